The molecule has 0 radical (unpaired) electrons. The number of aliphatic carboxylic acids is 1. The lowest BCUT2D eigenvalue weighted by molar-refractivity contribution is -0.160. The highest BCUT2D eigenvalue weighted by molar-refractivity contribution is 5.89. The molecular formula is C20H20O7. The minimum atomic E-state index is -1.36. The van der Waals surface area contributed by atoms with Crippen molar-refractivity contribution in [3.63, 3.8) is 0 Å². The van der Waals surface area contributed by atoms with Gasteiger partial charge >= 0.3 is 11.9 Å². The van der Waals surface area contributed by atoms with E-state index in [2.05, 4.69) is 0 Å². The molecule has 0 bridgehead atoms. The Morgan fingerprint density at radius 3 is 2.44 bits per heavy atom. The van der Waals surface area contributed by atoms with E-state index in [9.17, 15) is 24.9 Å². The fraction of sp³-hybridized carbons (Fsp3) is 0.200. The number of methoxy groups -OCH3 is 1. The lowest BCUT2D eigenvalue weighted by Gasteiger charge is -2.13. The number of rotatable bonds is 7. The Bertz CT molecular complexity index is 871. The van der Waals surface area contributed by atoms with Gasteiger partial charge in [-0.3, -0.25) is 0 Å². The van der Waals surface area contributed by atoms with E-state index in [0.29, 0.717) is 16.7 Å². The van der Waals surface area contributed by atoms with Gasteiger partial charge in [-0.1, -0.05) is 18.2 Å². The molecule has 0 saturated carbocycles. The van der Waals surface area contributed by atoms with Crippen molar-refractivity contribution in [3.05, 3.63) is 59.2 Å². The summed E-state index contributed by atoms with van der Waals surface area (Å²) in [6, 6.07) is 9.17. The predicted octanol–water partition coefficient (Wildman–Crippen LogP) is 2.67. The summed E-state index contributed by atoms with van der Waals surface area (Å²) < 4.78 is 10.00. The summed E-state index contributed by atoms with van der Waals surface area (Å²) in [6.07, 6.45) is 1.14. The third-order valence-corrected chi connectivity index (χ3v) is 3.83. The van der Waals surface area contributed by atoms with Crippen molar-refractivity contribution < 1.29 is 34.4 Å². The molecule has 0 aliphatic heterocycles. The van der Waals surface area contributed by atoms with E-state index in [-0.39, 0.29) is 23.7 Å². The maximum atomic E-state index is 12.0. The third kappa shape index (κ3) is 5.50. The zero-order valence-electron chi connectivity index (χ0n) is 14.9. The van der Waals surface area contributed by atoms with Crippen LogP contribution < -0.4 is 4.74 Å². The van der Waals surface area contributed by atoms with Crippen LogP contribution in [0.25, 0.3) is 6.08 Å². The Morgan fingerprint density at radius 2 is 1.81 bits per heavy atom. The van der Waals surface area contributed by atoms with Gasteiger partial charge in [0.1, 0.15) is 5.75 Å². The lowest BCUT2D eigenvalue weighted by Crippen LogP contribution is -2.28. The van der Waals surface area contributed by atoms with Crippen molar-refractivity contribution in [1.29, 1.82) is 0 Å². The number of aryl methyl sites for hydroxylation is 1. The highest BCUT2D eigenvalue weighted by Crippen LogP contribution is 2.26. The van der Waals surface area contributed by atoms with Crippen LogP contribution in [0.1, 0.15) is 16.7 Å². The number of carbonyl (C=O) groups is 2. The number of hydrogen-bond acceptors (Lipinski definition) is 6. The van der Waals surface area contributed by atoms with Crippen LogP contribution in [0.5, 0.6) is 17.2 Å². The van der Waals surface area contributed by atoms with Gasteiger partial charge in [0.25, 0.3) is 0 Å². The van der Waals surface area contributed by atoms with Crippen LogP contribution in [0.2, 0.25) is 0 Å². The van der Waals surface area contributed by atoms with Crippen LogP contribution in [-0.2, 0) is 20.7 Å². The molecule has 0 aliphatic rings. The summed E-state index contributed by atoms with van der Waals surface area (Å²) in [7, 11) is 1.40. The van der Waals surface area contributed by atoms with Gasteiger partial charge < -0.3 is 24.8 Å². The monoisotopic (exact) mass is 372 g/mol. The number of aromatic hydroxyl groups is 2. The number of carboxylic acids is 1. The second-order valence-corrected chi connectivity index (χ2v) is 5.85. The van der Waals surface area contributed by atoms with Crippen LogP contribution in [0.15, 0.2) is 42.5 Å². The van der Waals surface area contributed by atoms with Crippen LogP contribution in [0, 0.1) is 6.92 Å². The Kier molecular flexibility index (Phi) is 6.43. The number of carboxylic acid groups (broad SMARTS) is 1. The average molecular weight is 372 g/mol. The molecule has 0 spiro atoms. The van der Waals surface area contributed by atoms with Crippen LogP contribution >= 0.6 is 0 Å². The first-order chi connectivity index (χ1) is 12.8. The van der Waals surface area contributed by atoms with Gasteiger partial charge in [-0.05, 0) is 47.9 Å². The lowest BCUT2D eigenvalue weighted by atomic mass is 10.0. The molecule has 0 fully saturated rings. The van der Waals surface area contributed by atoms with Crippen LogP contribution in [-0.4, -0.2) is 40.5 Å². The summed E-state index contributed by atoms with van der Waals surface area (Å²) >= 11 is 0. The van der Waals surface area contributed by atoms with Gasteiger partial charge in [-0.25, -0.2) is 9.59 Å². The third-order valence-electron chi connectivity index (χ3n) is 3.83. The normalized spacial score (nSPS) is 11.9. The Morgan fingerprint density at radius 1 is 1.11 bits per heavy atom. The minimum absolute atomic E-state index is 0.0247. The molecule has 7 heteroatoms. The fourth-order valence-corrected chi connectivity index (χ4v) is 2.38. The fourth-order valence-electron chi connectivity index (χ4n) is 2.38. The van der Waals surface area contributed by atoms with E-state index in [1.165, 1.54) is 31.4 Å². The Hall–Kier alpha value is -3.48. The summed E-state index contributed by atoms with van der Waals surface area (Å²) in [5.74, 6) is -1.77. The predicted molar refractivity (Wildman–Crippen MR) is 97.8 cm³/mol. The summed E-state index contributed by atoms with van der Waals surface area (Å²) in [4.78, 5) is 23.4. The smallest absolute Gasteiger partial charge is 0.345 e. The molecular weight excluding hydrogens is 352 g/mol. The average Bonchev–Trinajstić information content (AvgIpc) is 2.63. The second-order valence-electron chi connectivity index (χ2n) is 5.85. The summed E-state index contributed by atoms with van der Waals surface area (Å²) in [6.45, 7) is 1.69. The van der Waals surface area contributed by atoms with Crippen molar-refractivity contribution in [3.8, 4) is 17.2 Å². The van der Waals surface area contributed by atoms with Gasteiger partial charge in [0.15, 0.2) is 11.5 Å². The van der Waals surface area contributed by atoms with E-state index in [0.717, 1.165) is 6.08 Å². The standard InChI is InChI=1S/C20H20O7/c1-12-9-14(4-6-15(12)21)11-18(20(24)25)27-19(23)8-5-13-3-7-16(22)17(10-13)26-2/h3-10,18,21-22H,11H2,1-2H3,(H,24,25)/b8-5+. The van der Waals surface area contributed by atoms with E-state index in [4.69, 9.17) is 9.47 Å². The zero-order chi connectivity index (χ0) is 20.0. The first kappa shape index (κ1) is 19.8. The largest absolute Gasteiger partial charge is 0.508 e. The molecule has 0 heterocycles. The molecule has 2 aromatic carbocycles. The summed E-state index contributed by atoms with van der Waals surface area (Å²) in [5.41, 5.74) is 1.80. The number of carbonyl (C=O) groups excluding carboxylic acids is 1. The van der Waals surface area contributed by atoms with Gasteiger partial charge in [0, 0.05) is 12.5 Å². The number of benzene rings is 2. The molecule has 0 aromatic heterocycles. The molecule has 0 aliphatic carbocycles. The molecule has 0 amide bonds. The zero-order valence-corrected chi connectivity index (χ0v) is 14.9. The number of ether oxygens (including phenoxy) is 2. The molecule has 2 aromatic rings. The van der Waals surface area contributed by atoms with E-state index >= 15 is 0 Å². The van der Waals surface area contributed by atoms with E-state index < -0.39 is 18.0 Å². The van der Waals surface area contributed by atoms with Crippen LogP contribution in [0.3, 0.4) is 0 Å². The van der Waals surface area contributed by atoms with Crippen molar-refractivity contribution >= 4 is 18.0 Å². The Balaban J connectivity index is 2.06. The topological polar surface area (TPSA) is 113 Å². The van der Waals surface area contributed by atoms with Crippen LogP contribution in [0.4, 0.5) is 0 Å². The Labute approximate surface area is 156 Å². The molecule has 142 valence electrons. The van der Waals surface area contributed by atoms with Gasteiger partial charge in [0.05, 0.1) is 7.11 Å². The minimum Gasteiger partial charge on any atom is -0.508 e. The first-order valence-corrected chi connectivity index (χ1v) is 8.07. The quantitative estimate of drug-likeness (QED) is 0.506. The molecule has 1 unspecified atom stereocenters. The molecule has 2 rings (SSSR count). The highest BCUT2D eigenvalue weighted by atomic mass is 16.6. The number of hydrogen-bond donors (Lipinski definition) is 3. The molecule has 7 nitrogen and oxygen atoms in total. The van der Waals surface area contributed by atoms with Crippen molar-refractivity contribution in [1.82, 2.24) is 0 Å². The van der Waals surface area contributed by atoms with Gasteiger partial charge in [-0.2, -0.15) is 0 Å². The molecule has 3 N–H and O–H groups in total. The van der Waals surface area contributed by atoms with Gasteiger partial charge in [-0.15, -0.1) is 0 Å². The van der Waals surface area contributed by atoms with Crippen molar-refractivity contribution in [2.24, 2.45) is 0 Å². The molecule has 27 heavy (non-hydrogen) atoms. The first-order valence-electron chi connectivity index (χ1n) is 8.07. The van der Waals surface area contributed by atoms with E-state index in [1.54, 1.807) is 25.1 Å². The highest BCUT2D eigenvalue weighted by Gasteiger charge is 2.22. The maximum Gasteiger partial charge on any atom is 0.345 e. The number of phenolic OH excluding ortho intramolecular Hbond substituents is 2. The molecule has 1 atom stereocenters. The van der Waals surface area contributed by atoms with Crippen molar-refractivity contribution in [2.75, 3.05) is 7.11 Å². The maximum absolute atomic E-state index is 12.0. The summed E-state index contributed by atoms with van der Waals surface area (Å²) in [5, 5.41) is 28.4. The number of esters is 1. The van der Waals surface area contributed by atoms with Crippen molar-refractivity contribution in [2.45, 2.75) is 19.4 Å². The SMILES string of the molecule is COc1cc(/C=C/C(=O)OC(Cc2ccc(O)c(C)c2)C(=O)O)ccc1O. The second kappa shape index (κ2) is 8.75. The number of phenols is 2. The molecule has 0 saturated heterocycles. The van der Waals surface area contributed by atoms with E-state index in [1.807, 2.05) is 0 Å². The van der Waals surface area contributed by atoms with Gasteiger partial charge in [0.2, 0.25) is 6.10 Å².